The van der Waals surface area contributed by atoms with Crippen LogP contribution < -0.4 is 5.73 Å². The molecule has 0 bridgehead atoms. The third-order valence-corrected chi connectivity index (χ3v) is 1.09. The van der Waals surface area contributed by atoms with Crippen LogP contribution in [0, 0.1) is 0 Å². The van der Waals surface area contributed by atoms with Crippen LogP contribution >= 0.6 is 11.8 Å². The number of thioether (sulfide) groups is 1. The largest absolute Gasteiger partial charge is 0.371 e. The molecule has 0 saturated carbocycles. The summed E-state index contributed by atoms with van der Waals surface area (Å²) in [7, 11) is 0. The van der Waals surface area contributed by atoms with Crippen LogP contribution in [0.15, 0.2) is 0 Å². The first-order valence-electron chi connectivity index (χ1n) is 1.70. The SMILES string of the molecule is CSC(=O)C(N)O. The van der Waals surface area contributed by atoms with Gasteiger partial charge in [-0.15, -0.1) is 0 Å². The summed E-state index contributed by atoms with van der Waals surface area (Å²) in [5.74, 6) is 0. The molecule has 0 aliphatic rings. The Morgan fingerprint density at radius 1 is 2.00 bits per heavy atom. The topological polar surface area (TPSA) is 63.3 Å². The molecule has 0 radical (unpaired) electrons. The number of hydrogen-bond acceptors (Lipinski definition) is 4. The second kappa shape index (κ2) is 3.01. The van der Waals surface area contributed by atoms with Gasteiger partial charge in [-0.05, 0) is 6.26 Å². The summed E-state index contributed by atoms with van der Waals surface area (Å²) < 4.78 is 0. The summed E-state index contributed by atoms with van der Waals surface area (Å²) in [4.78, 5) is 10.1. The van der Waals surface area contributed by atoms with Gasteiger partial charge in [0.05, 0.1) is 0 Å². The van der Waals surface area contributed by atoms with Gasteiger partial charge in [0.15, 0.2) is 6.23 Å². The van der Waals surface area contributed by atoms with Gasteiger partial charge in [-0.3, -0.25) is 10.5 Å². The number of carbonyl (C=O) groups is 1. The van der Waals surface area contributed by atoms with E-state index in [1.165, 1.54) is 0 Å². The standard InChI is InChI=1S/C3H7NO2S/c1-7-3(6)2(4)5/h2,5H,4H2,1H3. The number of hydrogen-bond donors (Lipinski definition) is 2. The Balaban J connectivity index is 3.35. The van der Waals surface area contributed by atoms with Crippen LogP contribution in [-0.2, 0) is 4.79 Å². The van der Waals surface area contributed by atoms with Gasteiger partial charge in [-0.1, -0.05) is 11.8 Å². The Kier molecular flexibility index (Phi) is 2.98. The zero-order chi connectivity index (χ0) is 5.86. The monoisotopic (exact) mass is 121 g/mol. The molecule has 7 heavy (non-hydrogen) atoms. The summed E-state index contributed by atoms with van der Waals surface area (Å²) in [6, 6.07) is 0. The highest BCUT2D eigenvalue weighted by Crippen LogP contribution is 1.93. The molecule has 0 aromatic rings. The maximum atomic E-state index is 10.1. The van der Waals surface area contributed by atoms with Crippen LogP contribution in [-0.4, -0.2) is 22.7 Å². The third kappa shape index (κ3) is 2.61. The number of nitrogens with two attached hydrogens (primary N) is 1. The molecule has 0 spiro atoms. The van der Waals surface area contributed by atoms with E-state index in [1.807, 2.05) is 0 Å². The third-order valence-electron chi connectivity index (χ3n) is 0.443. The lowest BCUT2D eigenvalue weighted by Crippen LogP contribution is -2.26. The highest BCUT2D eigenvalue weighted by molar-refractivity contribution is 8.13. The zero-order valence-electron chi connectivity index (χ0n) is 3.92. The van der Waals surface area contributed by atoms with Crippen molar-refractivity contribution in [1.29, 1.82) is 0 Å². The first-order valence-corrected chi connectivity index (χ1v) is 2.92. The molecule has 42 valence electrons. The lowest BCUT2D eigenvalue weighted by molar-refractivity contribution is -0.117. The Morgan fingerprint density at radius 2 is 2.43 bits per heavy atom. The van der Waals surface area contributed by atoms with Crippen LogP contribution in [0.5, 0.6) is 0 Å². The van der Waals surface area contributed by atoms with Crippen LogP contribution in [0.2, 0.25) is 0 Å². The zero-order valence-corrected chi connectivity index (χ0v) is 4.73. The van der Waals surface area contributed by atoms with Crippen LogP contribution in [0.4, 0.5) is 0 Å². The second-order valence-corrected chi connectivity index (χ2v) is 1.78. The summed E-state index contributed by atoms with van der Waals surface area (Å²) >= 11 is 0.919. The molecular weight excluding hydrogens is 114 g/mol. The van der Waals surface area contributed by atoms with Gasteiger partial charge in [-0.2, -0.15) is 0 Å². The van der Waals surface area contributed by atoms with E-state index in [1.54, 1.807) is 6.26 Å². The van der Waals surface area contributed by atoms with Crippen molar-refractivity contribution in [2.24, 2.45) is 5.73 Å². The molecule has 0 aromatic heterocycles. The maximum Gasteiger partial charge on any atom is 0.231 e. The Labute approximate surface area is 45.9 Å². The first-order chi connectivity index (χ1) is 3.18. The van der Waals surface area contributed by atoms with E-state index in [0.717, 1.165) is 11.8 Å². The number of carbonyl (C=O) groups excluding carboxylic acids is 1. The van der Waals surface area contributed by atoms with Gasteiger partial charge in [0.25, 0.3) is 0 Å². The molecule has 0 saturated heterocycles. The van der Waals surface area contributed by atoms with Crippen molar-refractivity contribution in [2.75, 3.05) is 6.26 Å². The van der Waals surface area contributed by atoms with Crippen LogP contribution in [0.25, 0.3) is 0 Å². The minimum atomic E-state index is -1.31. The van der Waals surface area contributed by atoms with Crippen LogP contribution in [0.3, 0.4) is 0 Å². The molecule has 1 atom stereocenters. The van der Waals surface area contributed by atoms with Crippen LogP contribution in [0.1, 0.15) is 0 Å². The molecule has 0 aliphatic carbocycles. The van der Waals surface area contributed by atoms with E-state index >= 15 is 0 Å². The molecule has 0 amide bonds. The Morgan fingerprint density at radius 3 is 2.43 bits per heavy atom. The molecular formula is C3H7NO2S. The molecule has 3 nitrogen and oxygen atoms in total. The Bertz CT molecular complexity index is 73.3. The van der Waals surface area contributed by atoms with E-state index in [2.05, 4.69) is 0 Å². The summed E-state index contributed by atoms with van der Waals surface area (Å²) in [6.07, 6.45) is 0.258. The Hall–Kier alpha value is -0.0600. The smallest absolute Gasteiger partial charge is 0.231 e. The average Bonchev–Trinajstić information content (AvgIpc) is 1.65. The van der Waals surface area contributed by atoms with Crippen molar-refractivity contribution in [1.82, 2.24) is 0 Å². The quantitative estimate of drug-likeness (QED) is 0.444. The molecule has 0 heterocycles. The second-order valence-electron chi connectivity index (χ2n) is 0.968. The fraction of sp³-hybridized carbons (Fsp3) is 0.667. The normalized spacial score (nSPS) is 13.6. The molecule has 0 aromatic carbocycles. The fourth-order valence-electron chi connectivity index (χ4n) is 0.121. The molecule has 4 heteroatoms. The highest BCUT2D eigenvalue weighted by atomic mass is 32.2. The summed E-state index contributed by atoms with van der Waals surface area (Å²) in [6.45, 7) is 0. The van der Waals surface area contributed by atoms with E-state index in [0.29, 0.717) is 0 Å². The van der Waals surface area contributed by atoms with Crippen molar-refractivity contribution in [3.05, 3.63) is 0 Å². The number of aliphatic hydroxyl groups is 1. The van der Waals surface area contributed by atoms with Crippen molar-refractivity contribution < 1.29 is 9.90 Å². The van der Waals surface area contributed by atoms with E-state index in [-0.39, 0.29) is 0 Å². The van der Waals surface area contributed by atoms with Crippen molar-refractivity contribution in [2.45, 2.75) is 6.23 Å². The summed E-state index contributed by atoms with van der Waals surface area (Å²) in [5, 5.41) is 7.83. The van der Waals surface area contributed by atoms with Gasteiger partial charge in [0.1, 0.15) is 0 Å². The minimum absolute atomic E-state index is 0.403. The molecule has 1 unspecified atom stereocenters. The van der Waals surface area contributed by atoms with Gasteiger partial charge >= 0.3 is 0 Å². The molecule has 3 N–H and O–H groups in total. The maximum absolute atomic E-state index is 10.1. The van der Waals surface area contributed by atoms with E-state index in [9.17, 15) is 4.79 Å². The summed E-state index contributed by atoms with van der Waals surface area (Å²) in [5.41, 5.74) is 4.73. The lowest BCUT2D eigenvalue weighted by Gasteiger charge is -1.95. The van der Waals surface area contributed by atoms with Crippen molar-refractivity contribution in [3.8, 4) is 0 Å². The number of rotatable bonds is 1. The predicted molar refractivity (Wildman–Crippen MR) is 28.7 cm³/mol. The molecule has 0 rings (SSSR count). The molecule has 0 aliphatic heterocycles. The number of aliphatic hydroxyl groups excluding tert-OH is 1. The van der Waals surface area contributed by atoms with Gasteiger partial charge in [0.2, 0.25) is 5.12 Å². The van der Waals surface area contributed by atoms with Gasteiger partial charge in [-0.25, -0.2) is 0 Å². The van der Waals surface area contributed by atoms with E-state index in [4.69, 9.17) is 10.8 Å². The minimum Gasteiger partial charge on any atom is -0.371 e. The van der Waals surface area contributed by atoms with Crippen molar-refractivity contribution in [3.63, 3.8) is 0 Å². The van der Waals surface area contributed by atoms with Gasteiger partial charge in [0, 0.05) is 0 Å². The predicted octanol–water partition coefficient (Wildman–Crippen LogP) is -0.847. The highest BCUT2D eigenvalue weighted by Gasteiger charge is 2.04. The average molecular weight is 121 g/mol. The van der Waals surface area contributed by atoms with Crippen molar-refractivity contribution >= 4 is 16.9 Å². The van der Waals surface area contributed by atoms with Gasteiger partial charge < -0.3 is 5.11 Å². The fourth-order valence-corrected chi connectivity index (χ4v) is 0.362. The first kappa shape index (κ1) is 6.94. The lowest BCUT2D eigenvalue weighted by atomic mass is 10.7. The van der Waals surface area contributed by atoms with E-state index < -0.39 is 11.3 Å². The molecule has 0 fully saturated rings.